The highest BCUT2D eigenvalue weighted by molar-refractivity contribution is 7.98. The molecule has 1 heterocycles. The van der Waals surface area contributed by atoms with E-state index in [1.54, 1.807) is 22.9 Å². The Morgan fingerprint density at radius 3 is 2.94 bits per heavy atom. The van der Waals surface area contributed by atoms with E-state index in [2.05, 4.69) is 10.3 Å². The average molecular weight is 257 g/mol. The summed E-state index contributed by atoms with van der Waals surface area (Å²) in [5, 5.41) is 7.69. The number of hydrogen-bond donors (Lipinski definition) is 1. The van der Waals surface area contributed by atoms with Gasteiger partial charge in [0, 0.05) is 25.4 Å². The molecule has 0 aliphatic rings. The molecular formula is C10H19N5OS. The van der Waals surface area contributed by atoms with E-state index in [1.807, 2.05) is 20.2 Å². The molecule has 1 unspecified atom stereocenters. The van der Waals surface area contributed by atoms with Crippen LogP contribution in [0.2, 0.25) is 0 Å². The third kappa shape index (κ3) is 4.01. The molecule has 2 N–H and O–H groups in total. The van der Waals surface area contributed by atoms with Crippen LogP contribution in [0.3, 0.4) is 0 Å². The molecule has 1 amide bonds. The minimum absolute atomic E-state index is 0.0278. The Balaban J connectivity index is 2.53. The molecule has 1 aromatic rings. The third-order valence-electron chi connectivity index (χ3n) is 2.55. The van der Waals surface area contributed by atoms with Crippen molar-refractivity contribution in [3.05, 3.63) is 11.9 Å². The smallest absolute Gasteiger partial charge is 0.244 e. The lowest BCUT2D eigenvalue weighted by Crippen LogP contribution is -2.38. The minimum atomic E-state index is 0.0278. The highest BCUT2D eigenvalue weighted by Crippen LogP contribution is 2.04. The van der Waals surface area contributed by atoms with Crippen molar-refractivity contribution in [1.29, 1.82) is 0 Å². The van der Waals surface area contributed by atoms with Gasteiger partial charge in [-0.3, -0.25) is 4.79 Å². The molecule has 0 saturated heterocycles. The van der Waals surface area contributed by atoms with Gasteiger partial charge in [0.25, 0.3) is 0 Å². The van der Waals surface area contributed by atoms with Gasteiger partial charge in [-0.2, -0.15) is 11.8 Å². The fourth-order valence-corrected chi connectivity index (χ4v) is 2.06. The number of thioether (sulfide) groups is 1. The summed E-state index contributed by atoms with van der Waals surface area (Å²) in [7, 11) is 1.81. The van der Waals surface area contributed by atoms with Gasteiger partial charge in [-0.1, -0.05) is 5.21 Å². The number of carbonyl (C=O) groups is 1. The zero-order valence-electron chi connectivity index (χ0n) is 10.5. The van der Waals surface area contributed by atoms with Crippen molar-refractivity contribution in [1.82, 2.24) is 19.9 Å². The largest absolute Gasteiger partial charge is 0.341 e. The summed E-state index contributed by atoms with van der Waals surface area (Å²) in [5.74, 6) is 0.952. The van der Waals surface area contributed by atoms with Crippen molar-refractivity contribution in [3.8, 4) is 0 Å². The second-order valence-corrected chi connectivity index (χ2v) is 4.83. The molecule has 0 bridgehead atoms. The summed E-state index contributed by atoms with van der Waals surface area (Å²) in [5.41, 5.74) is 6.12. The van der Waals surface area contributed by atoms with E-state index in [4.69, 9.17) is 5.73 Å². The van der Waals surface area contributed by atoms with Crippen LogP contribution in [0.1, 0.15) is 12.6 Å². The highest BCUT2D eigenvalue weighted by atomic mass is 32.2. The molecule has 1 aromatic heterocycles. The highest BCUT2D eigenvalue weighted by Gasteiger charge is 2.16. The molecule has 96 valence electrons. The van der Waals surface area contributed by atoms with Crippen molar-refractivity contribution in [2.45, 2.75) is 26.1 Å². The van der Waals surface area contributed by atoms with Crippen LogP contribution in [0.15, 0.2) is 6.20 Å². The van der Waals surface area contributed by atoms with Gasteiger partial charge in [0.05, 0.1) is 11.9 Å². The van der Waals surface area contributed by atoms with Crippen LogP contribution in [-0.4, -0.2) is 50.9 Å². The third-order valence-corrected chi connectivity index (χ3v) is 3.37. The fraction of sp³-hybridized carbons (Fsp3) is 0.700. The zero-order valence-corrected chi connectivity index (χ0v) is 11.3. The Bertz CT molecular complexity index is 367. The summed E-state index contributed by atoms with van der Waals surface area (Å²) >= 11 is 1.72. The van der Waals surface area contributed by atoms with Gasteiger partial charge in [-0.15, -0.1) is 5.10 Å². The summed E-state index contributed by atoms with van der Waals surface area (Å²) in [6, 6.07) is 0.218. The van der Waals surface area contributed by atoms with Crippen molar-refractivity contribution < 1.29 is 4.79 Å². The SMILES string of the molecule is CSCC(C)N(C)C(=O)Cn1cc(CN)nn1. The summed E-state index contributed by atoms with van der Waals surface area (Å²) in [6.07, 6.45) is 3.73. The van der Waals surface area contributed by atoms with Gasteiger partial charge in [0.2, 0.25) is 5.91 Å². The predicted octanol–water partition coefficient (Wildman–Crippen LogP) is -0.0533. The quantitative estimate of drug-likeness (QED) is 0.773. The zero-order chi connectivity index (χ0) is 12.8. The number of carbonyl (C=O) groups excluding carboxylic acids is 1. The number of rotatable bonds is 6. The maximum absolute atomic E-state index is 11.9. The van der Waals surface area contributed by atoms with Crippen LogP contribution in [-0.2, 0) is 17.9 Å². The molecule has 0 aromatic carbocycles. The minimum Gasteiger partial charge on any atom is -0.341 e. The van der Waals surface area contributed by atoms with Gasteiger partial charge in [0.1, 0.15) is 6.54 Å². The van der Waals surface area contributed by atoms with Gasteiger partial charge in [-0.25, -0.2) is 4.68 Å². The number of nitrogens with two attached hydrogens (primary N) is 1. The molecule has 0 spiro atoms. The van der Waals surface area contributed by atoms with Crippen LogP contribution >= 0.6 is 11.8 Å². The van der Waals surface area contributed by atoms with E-state index in [9.17, 15) is 4.79 Å². The average Bonchev–Trinajstić information content (AvgIpc) is 2.76. The van der Waals surface area contributed by atoms with Crippen LogP contribution in [0.4, 0.5) is 0 Å². The first kappa shape index (κ1) is 14.0. The predicted molar refractivity (Wildman–Crippen MR) is 68.5 cm³/mol. The van der Waals surface area contributed by atoms with Crippen LogP contribution in [0, 0.1) is 0 Å². The first-order valence-corrected chi connectivity index (χ1v) is 6.81. The molecule has 1 atom stereocenters. The van der Waals surface area contributed by atoms with E-state index in [1.165, 1.54) is 4.68 Å². The normalized spacial score (nSPS) is 12.5. The fourth-order valence-electron chi connectivity index (χ4n) is 1.36. The summed E-state index contributed by atoms with van der Waals surface area (Å²) < 4.78 is 1.52. The monoisotopic (exact) mass is 257 g/mol. The number of nitrogens with zero attached hydrogens (tertiary/aromatic N) is 4. The molecule has 17 heavy (non-hydrogen) atoms. The Hall–Kier alpha value is -1.08. The molecule has 0 aliphatic carbocycles. The standard InChI is InChI=1S/C10H19N5OS/c1-8(7-17-3)14(2)10(16)6-15-5-9(4-11)12-13-15/h5,8H,4,6-7,11H2,1-3H3. The van der Waals surface area contributed by atoms with E-state index < -0.39 is 0 Å². The molecule has 0 radical (unpaired) electrons. The molecule has 6 nitrogen and oxygen atoms in total. The Labute approximate surface area is 106 Å². The van der Waals surface area contributed by atoms with Crippen molar-refractivity contribution in [2.75, 3.05) is 19.1 Å². The molecule has 0 saturated carbocycles. The Morgan fingerprint density at radius 1 is 1.71 bits per heavy atom. The van der Waals surface area contributed by atoms with E-state index >= 15 is 0 Å². The first-order valence-electron chi connectivity index (χ1n) is 5.42. The van der Waals surface area contributed by atoms with Crippen LogP contribution in [0.5, 0.6) is 0 Å². The molecule has 7 heteroatoms. The summed E-state index contributed by atoms with van der Waals surface area (Å²) in [6.45, 7) is 2.58. The van der Waals surface area contributed by atoms with Crippen molar-refractivity contribution >= 4 is 17.7 Å². The van der Waals surface area contributed by atoms with Crippen LogP contribution in [0.25, 0.3) is 0 Å². The first-order chi connectivity index (χ1) is 8.08. The number of aromatic nitrogens is 3. The Kier molecular flexibility index (Phi) is 5.43. The molecule has 1 rings (SSSR count). The topological polar surface area (TPSA) is 77.0 Å². The van der Waals surface area contributed by atoms with E-state index in [0.717, 1.165) is 5.75 Å². The lowest BCUT2D eigenvalue weighted by atomic mass is 10.3. The Morgan fingerprint density at radius 2 is 2.41 bits per heavy atom. The second kappa shape index (κ2) is 6.61. The number of likely N-dealkylation sites (N-methyl/N-ethyl adjacent to an activating group) is 1. The second-order valence-electron chi connectivity index (χ2n) is 3.92. The van der Waals surface area contributed by atoms with E-state index in [0.29, 0.717) is 12.2 Å². The van der Waals surface area contributed by atoms with Crippen molar-refractivity contribution in [3.63, 3.8) is 0 Å². The van der Waals surface area contributed by atoms with Crippen LogP contribution < -0.4 is 5.73 Å². The van der Waals surface area contributed by atoms with Gasteiger partial charge in [0.15, 0.2) is 0 Å². The van der Waals surface area contributed by atoms with Crippen molar-refractivity contribution in [2.24, 2.45) is 5.73 Å². The maximum Gasteiger partial charge on any atom is 0.244 e. The van der Waals surface area contributed by atoms with Gasteiger partial charge in [-0.05, 0) is 13.2 Å². The molecule has 0 aliphatic heterocycles. The lowest BCUT2D eigenvalue weighted by Gasteiger charge is -2.24. The van der Waals surface area contributed by atoms with E-state index in [-0.39, 0.29) is 18.5 Å². The number of hydrogen-bond acceptors (Lipinski definition) is 5. The molecule has 0 fully saturated rings. The number of amides is 1. The lowest BCUT2D eigenvalue weighted by molar-refractivity contribution is -0.132. The summed E-state index contributed by atoms with van der Waals surface area (Å²) in [4.78, 5) is 13.7. The molecular weight excluding hydrogens is 238 g/mol. The maximum atomic E-state index is 11.9. The van der Waals surface area contributed by atoms with Gasteiger partial charge < -0.3 is 10.6 Å². The van der Waals surface area contributed by atoms with Gasteiger partial charge >= 0.3 is 0 Å².